The van der Waals surface area contributed by atoms with E-state index in [-0.39, 0.29) is 54.4 Å². The van der Waals surface area contributed by atoms with Crippen LogP contribution >= 0.6 is 0 Å². The van der Waals surface area contributed by atoms with Crippen molar-refractivity contribution >= 4 is 29.4 Å². The Hall–Kier alpha value is -2.96. The largest absolute Gasteiger partial charge is 0.481 e. The third-order valence-corrected chi connectivity index (χ3v) is 5.71. The summed E-state index contributed by atoms with van der Waals surface area (Å²) in [6.45, 7) is 0.273. The van der Waals surface area contributed by atoms with Crippen LogP contribution in [0.15, 0.2) is 36.4 Å². The van der Waals surface area contributed by atoms with Crippen molar-refractivity contribution in [2.45, 2.75) is 19.3 Å². The van der Waals surface area contributed by atoms with Gasteiger partial charge in [-0.05, 0) is 48.9 Å². The van der Waals surface area contributed by atoms with Crippen LogP contribution in [-0.4, -0.2) is 35.3 Å². The highest BCUT2D eigenvalue weighted by Crippen LogP contribution is 2.53. The minimum absolute atomic E-state index is 0.00240. The molecule has 2 N–H and O–H groups in total. The number of hydrogen-bond acceptors (Lipinski definition) is 4. The number of allylic oxidation sites excluding steroid dienone is 2. The van der Waals surface area contributed by atoms with Crippen LogP contribution in [0.4, 0.5) is 5.69 Å². The number of amides is 3. The molecule has 4 unspecified atom stereocenters. The second kappa shape index (κ2) is 6.64. The zero-order valence-electron chi connectivity index (χ0n) is 14.6. The molecule has 1 aliphatic heterocycles. The topological polar surface area (TPSA) is 104 Å². The third-order valence-electron chi connectivity index (χ3n) is 5.71. The maximum Gasteiger partial charge on any atom is 0.303 e. The number of carboxylic acids is 1. The first-order chi connectivity index (χ1) is 13.0. The number of imide groups is 1. The number of benzene rings is 1. The number of anilines is 1. The average molecular weight is 368 g/mol. The van der Waals surface area contributed by atoms with Gasteiger partial charge in [-0.15, -0.1) is 0 Å². The molecule has 7 nitrogen and oxygen atoms in total. The van der Waals surface area contributed by atoms with Gasteiger partial charge in [-0.2, -0.15) is 0 Å². The van der Waals surface area contributed by atoms with Crippen LogP contribution in [0.2, 0.25) is 0 Å². The predicted molar refractivity (Wildman–Crippen MR) is 95.9 cm³/mol. The molecule has 0 aromatic heterocycles. The zero-order chi connectivity index (χ0) is 19.1. The third kappa shape index (κ3) is 2.93. The van der Waals surface area contributed by atoms with Gasteiger partial charge < -0.3 is 10.4 Å². The fraction of sp³-hybridized carbons (Fsp3) is 0.400. The molecule has 4 rings (SSSR count). The van der Waals surface area contributed by atoms with Crippen LogP contribution < -0.4 is 10.2 Å². The summed E-state index contributed by atoms with van der Waals surface area (Å²) >= 11 is 0. The monoisotopic (exact) mass is 368 g/mol. The van der Waals surface area contributed by atoms with E-state index in [0.717, 1.165) is 6.42 Å². The first-order valence-corrected chi connectivity index (χ1v) is 9.13. The lowest BCUT2D eigenvalue weighted by Gasteiger charge is -2.17. The van der Waals surface area contributed by atoms with Gasteiger partial charge in [0, 0.05) is 18.5 Å². The van der Waals surface area contributed by atoms with Gasteiger partial charge in [0.1, 0.15) is 0 Å². The molecule has 3 aliphatic rings. The van der Waals surface area contributed by atoms with Crippen LogP contribution in [0.25, 0.3) is 0 Å². The van der Waals surface area contributed by atoms with Gasteiger partial charge in [-0.25, -0.2) is 0 Å². The van der Waals surface area contributed by atoms with Crippen LogP contribution in [0.3, 0.4) is 0 Å². The van der Waals surface area contributed by atoms with Crippen molar-refractivity contribution in [1.29, 1.82) is 0 Å². The summed E-state index contributed by atoms with van der Waals surface area (Å²) in [6, 6.07) is 6.36. The van der Waals surface area contributed by atoms with Crippen molar-refractivity contribution < 1.29 is 24.3 Å². The number of aliphatic carboxylic acids is 1. The Morgan fingerprint density at radius 2 is 1.63 bits per heavy atom. The number of fused-ring (bicyclic) bond motifs is 5. The van der Waals surface area contributed by atoms with Gasteiger partial charge in [-0.1, -0.05) is 12.2 Å². The molecular weight excluding hydrogens is 348 g/mol. The molecule has 2 fully saturated rings. The van der Waals surface area contributed by atoms with E-state index in [1.54, 1.807) is 24.3 Å². The molecular formula is C20H20N2O5. The Morgan fingerprint density at radius 3 is 2.19 bits per heavy atom. The molecule has 140 valence electrons. The zero-order valence-corrected chi connectivity index (χ0v) is 14.6. The molecule has 27 heavy (non-hydrogen) atoms. The summed E-state index contributed by atoms with van der Waals surface area (Å²) in [5.74, 6) is -1.67. The maximum absolute atomic E-state index is 12.8. The SMILES string of the molecule is O=C(O)CCCNC(=O)c1ccc(N2C(=O)C3C4C=CC(C4)C3C2=O)cc1. The minimum Gasteiger partial charge on any atom is -0.481 e. The van der Waals surface area contributed by atoms with Crippen LogP contribution in [0.1, 0.15) is 29.6 Å². The molecule has 1 saturated carbocycles. The number of carbonyl (C=O) groups excluding carboxylic acids is 3. The lowest BCUT2D eigenvalue weighted by molar-refractivity contribution is -0.137. The van der Waals surface area contributed by atoms with Crippen molar-refractivity contribution in [3.63, 3.8) is 0 Å². The van der Waals surface area contributed by atoms with Crippen LogP contribution in [0, 0.1) is 23.7 Å². The Bertz CT molecular complexity index is 814. The minimum atomic E-state index is -0.901. The molecule has 0 spiro atoms. The highest BCUT2D eigenvalue weighted by molar-refractivity contribution is 6.22. The normalized spacial score (nSPS) is 27.9. The van der Waals surface area contributed by atoms with E-state index >= 15 is 0 Å². The summed E-state index contributed by atoms with van der Waals surface area (Å²) in [4.78, 5) is 49.4. The van der Waals surface area contributed by atoms with E-state index in [9.17, 15) is 19.2 Å². The van der Waals surface area contributed by atoms with E-state index < -0.39 is 5.97 Å². The van der Waals surface area contributed by atoms with Crippen molar-refractivity contribution in [2.24, 2.45) is 23.7 Å². The molecule has 7 heteroatoms. The lowest BCUT2D eigenvalue weighted by Crippen LogP contribution is -2.33. The van der Waals surface area contributed by atoms with E-state index in [1.807, 2.05) is 0 Å². The summed E-state index contributed by atoms with van der Waals surface area (Å²) in [5.41, 5.74) is 0.885. The fourth-order valence-corrected chi connectivity index (χ4v) is 4.46. The van der Waals surface area contributed by atoms with Crippen molar-refractivity contribution in [1.82, 2.24) is 5.32 Å². The molecule has 1 aromatic rings. The van der Waals surface area contributed by atoms with Gasteiger partial charge in [0.05, 0.1) is 17.5 Å². The van der Waals surface area contributed by atoms with Crippen molar-refractivity contribution in [3.05, 3.63) is 42.0 Å². The second-order valence-electron chi connectivity index (χ2n) is 7.31. The number of carbonyl (C=O) groups is 4. The highest BCUT2D eigenvalue weighted by atomic mass is 16.4. The van der Waals surface area contributed by atoms with E-state index in [1.165, 1.54) is 4.90 Å². The van der Waals surface area contributed by atoms with Gasteiger partial charge in [-0.3, -0.25) is 24.1 Å². The molecule has 3 amide bonds. The van der Waals surface area contributed by atoms with Crippen LogP contribution in [0.5, 0.6) is 0 Å². The second-order valence-corrected chi connectivity index (χ2v) is 7.31. The number of rotatable bonds is 6. The molecule has 4 atom stereocenters. The number of nitrogens with one attached hydrogen (secondary N) is 1. The van der Waals surface area contributed by atoms with Gasteiger partial charge in [0.25, 0.3) is 5.91 Å². The number of carboxylic acid groups (broad SMARTS) is 1. The van der Waals surface area contributed by atoms with Gasteiger partial charge in [0.2, 0.25) is 11.8 Å². The Morgan fingerprint density at radius 1 is 1.04 bits per heavy atom. The average Bonchev–Trinajstić information content (AvgIpc) is 3.32. The Kier molecular flexibility index (Phi) is 4.30. The molecule has 1 saturated heterocycles. The lowest BCUT2D eigenvalue weighted by atomic mass is 9.85. The Labute approximate surface area is 156 Å². The van der Waals surface area contributed by atoms with Gasteiger partial charge in [0.15, 0.2) is 0 Å². The van der Waals surface area contributed by atoms with Gasteiger partial charge >= 0.3 is 5.97 Å². The van der Waals surface area contributed by atoms with Crippen molar-refractivity contribution in [3.8, 4) is 0 Å². The molecule has 0 radical (unpaired) electrons. The van der Waals surface area contributed by atoms with E-state index in [4.69, 9.17) is 5.11 Å². The molecule has 1 aromatic carbocycles. The summed E-state index contributed by atoms with van der Waals surface area (Å²) in [7, 11) is 0. The summed E-state index contributed by atoms with van der Waals surface area (Å²) in [6.07, 6.45) is 5.35. The molecule has 2 aliphatic carbocycles. The van der Waals surface area contributed by atoms with Crippen LogP contribution in [-0.2, 0) is 14.4 Å². The quantitative estimate of drug-likeness (QED) is 0.451. The maximum atomic E-state index is 12.8. The molecule has 2 bridgehead atoms. The first kappa shape index (κ1) is 17.5. The predicted octanol–water partition coefficient (Wildman–Crippen LogP) is 1.59. The molecule has 1 heterocycles. The summed E-state index contributed by atoms with van der Waals surface area (Å²) in [5, 5.41) is 11.2. The standard InChI is InChI=1S/C20H20N2O5/c23-15(24)2-1-9-21-18(25)11-5-7-14(8-6-11)22-19(26)16-12-3-4-13(10-12)17(16)20(22)27/h3-8,12-13,16-17H,1-2,9-10H2,(H,21,25)(H,23,24). The van der Waals surface area contributed by atoms with E-state index in [2.05, 4.69) is 17.5 Å². The fourth-order valence-electron chi connectivity index (χ4n) is 4.46. The highest BCUT2D eigenvalue weighted by Gasteiger charge is 2.59. The number of hydrogen-bond donors (Lipinski definition) is 2. The first-order valence-electron chi connectivity index (χ1n) is 9.13. The smallest absolute Gasteiger partial charge is 0.303 e. The number of nitrogens with zero attached hydrogens (tertiary/aromatic N) is 1. The van der Waals surface area contributed by atoms with E-state index in [0.29, 0.717) is 17.7 Å². The van der Waals surface area contributed by atoms with Crippen molar-refractivity contribution in [2.75, 3.05) is 11.4 Å². The summed E-state index contributed by atoms with van der Waals surface area (Å²) < 4.78 is 0. The Balaban J connectivity index is 1.42.